The average molecular weight is 387 g/mol. The largest absolute Gasteiger partial charge is 0.345 e. The van der Waals surface area contributed by atoms with Gasteiger partial charge >= 0.3 is 0 Å². The third kappa shape index (κ3) is 12.9. The van der Waals surface area contributed by atoms with E-state index in [0.29, 0.717) is 4.48 Å². The van der Waals surface area contributed by atoms with Crippen molar-refractivity contribution in [3.63, 3.8) is 0 Å². The summed E-state index contributed by atoms with van der Waals surface area (Å²) in [5.41, 5.74) is 0. The number of hydrogen-bond acceptors (Lipinski definition) is 2. The van der Waals surface area contributed by atoms with Crippen molar-refractivity contribution in [2.24, 2.45) is 0 Å². The molecule has 0 bridgehead atoms. The molecule has 0 heterocycles. The van der Waals surface area contributed by atoms with E-state index in [9.17, 15) is 10.2 Å². The van der Waals surface area contributed by atoms with E-state index in [2.05, 4.69) is 13.8 Å². The fraction of sp³-hybridized carbons (Fsp3) is 1.00. The zero-order valence-corrected chi connectivity index (χ0v) is 19.2. The van der Waals surface area contributed by atoms with Crippen molar-refractivity contribution in [2.75, 3.05) is 13.1 Å². The molecule has 2 unspecified atom stereocenters. The molecule has 0 fully saturated rings. The second-order valence-electron chi connectivity index (χ2n) is 8.71. The van der Waals surface area contributed by atoms with Crippen LogP contribution < -0.4 is 0 Å². The predicted octanol–water partition coefficient (Wildman–Crippen LogP) is 6.76. The molecular formula is C24H52NO2+. The molecule has 0 radical (unpaired) electrons. The highest BCUT2D eigenvalue weighted by molar-refractivity contribution is 4.51. The van der Waals surface area contributed by atoms with Crippen molar-refractivity contribution in [3.05, 3.63) is 0 Å². The van der Waals surface area contributed by atoms with E-state index in [1.807, 2.05) is 13.8 Å². The Bertz CT molecular complexity index is 297. The van der Waals surface area contributed by atoms with Gasteiger partial charge in [0, 0.05) is 13.8 Å². The van der Waals surface area contributed by atoms with Crippen molar-refractivity contribution in [3.8, 4) is 0 Å². The summed E-state index contributed by atoms with van der Waals surface area (Å²) in [6.45, 7) is 9.63. The van der Waals surface area contributed by atoms with Gasteiger partial charge in [0.15, 0.2) is 12.5 Å². The number of quaternary nitrogens is 1. The van der Waals surface area contributed by atoms with Gasteiger partial charge in [-0.1, -0.05) is 96.8 Å². The van der Waals surface area contributed by atoms with Crippen LogP contribution in [0.1, 0.15) is 130 Å². The quantitative estimate of drug-likeness (QED) is 0.138. The first kappa shape index (κ1) is 26.9. The van der Waals surface area contributed by atoms with Crippen LogP contribution in [0.5, 0.6) is 0 Å². The lowest BCUT2D eigenvalue weighted by molar-refractivity contribution is -1.00. The van der Waals surface area contributed by atoms with Crippen LogP contribution in [0.2, 0.25) is 0 Å². The lowest BCUT2D eigenvalue weighted by Crippen LogP contribution is -2.60. The highest BCUT2D eigenvalue weighted by Gasteiger charge is 2.35. The van der Waals surface area contributed by atoms with Gasteiger partial charge in [-0.2, -0.15) is 0 Å². The van der Waals surface area contributed by atoms with Crippen LogP contribution in [0.3, 0.4) is 0 Å². The Morgan fingerprint density at radius 2 is 0.815 bits per heavy atom. The molecule has 164 valence electrons. The van der Waals surface area contributed by atoms with Crippen LogP contribution in [0.25, 0.3) is 0 Å². The monoisotopic (exact) mass is 386 g/mol. The lowest BCUT2D eigenvalue weighted by atomic mass is 10.0. The average Bonchev–Trinajstić information content (AvgIpc) is 2.64. The normalized spacial score (nSPS) is 16.2. The van der Waals surface area contributed by atoms with Crippen LogP contribution in [0, 0.1) is 0 Å². The van der Waals surface area contributed by atoms with Crippen molar-refractivity contribution in [1.82, 2.24) is 0 Å². The summed E-state index contributed by atoms with van der Waals surface area (Å²) in [5.74, 6) is 0. The summed E-state index contributed by atoms with van der Waals surface area (Å²) in [5, 5.41) is 20.1. The maximum absolute atomic E-state index is 10.1. The van der Waals surface area contributed by atoms with E-state index in [4.69, 9.17) is 0 Å². The summed E-state index contributed by atoms with van der Waals surface area (Å²) < 4.78 is 0.415. The molecule has 0 amide bonds. The maximum Gasteiger partial charge on any atom is 0.189 e. The minimum Gasteiger partial charge on any atom is -0.345 e. The third-order valence-corrected chi connectivity index (χ3v) is 6.51. The van der Waals surface area contributed by atoms with Gasteiger partial charge in [-0.25, -0.2) is 0 Å². The molecule has 3 heteroatoms. The van der Waals surface area contributed by atoms with Crippen molar-refractivity contribution < 1.29 is 14.7 Å². The van der Waals surface area contributed by atoms with Gasteiger partial charge in [0.1, 0.15) is 0 Å². The van der Waals surface area contributed by atoms with E-state index in [-0.39, 0.29) is 0 Å². The second kappa shape index (κ2) is 17.9. The number of rotatable bonds is 20. The third-order valence-electron chi connectivity index (χ3n) is 6.51. The number of aliphatic hydroxyl groups excluding tert-OH is 2. The number of aliphatic hydroxyl groups is 2. The Balaban J connectivity index is 3.43. The van der Waals surface area contributed by atoms with E-state index < -0.39 is 12.5 Å². The van der Waals surface area contributed by atoms with E-state index in [0.717, 1.165) is 19.5 Å². The van der Waals surface area contributed by atoms with Crippen LogP contribution >= 0.6 is 0 Å². The molecule has 0 saturated heterocycles. The molecule has 2 atom stereocenters. The Hall–Kier alpha value is -0.120. The molecule has 0 spiro atoms. The fourth-order valence-electron chi connectivity index (χ4n) is 4.33. The SMILES string of the molecule is CCCCCCCCCCCCCCCCCC[N+](CC)(C(C)O)C(C)O. The zero-order chi connectivity index (χ0) is 20.4. The van der Waals surface area contributed by atoms with Gasteiger partial charge in [0.2, 0.25) is 0 Å². The van der Waals surface area contributed by atoms with Crippen LogP contribution in [0.15, 0.2) is 0 Å². The van der Waals surface area contributed by atoms with E-state index >= 15 is 0 Å². The smallest absolute Gasteiger partial charge is 0.189 e. The summed E-state index contributed by atoms with van der Waals surface area (Å²) in [6.07, 6.45) is 21.0. The van der Waals surface area contributed by atoms with Gasteiger partial charge in [0.05, 0.1) is 13.1 Å². The summed E-state index contributed by atoms with van der Waals surface area (Å²) in [6, 6.07) is 0. The van der Waals surface area contributed by atoms with Gasteiger partial charge in [0.25, 0.3) is 0 Å². The summed E-state index contributed by atoms with van der Waals surface area (Å²) in [7, 11) is 0. The molecule has 3 nitrogen and oxygen atoms in total. The first-order chi connectivity index (χ1) is 13.0. The van der Waals surface area contributed by atoms with Crippen LogP contribution in [-0.2, 0) is 0 Å². The first-order valence-electron chi connectivity index (χ1n) is 12.2. The van der Waals surface area contributed by atoms with Gasteiger partial charge in [-0.15, -0.1) is 0 Å². The Labute approximate surface area is 171 Å². The number of hydrogen-bond donors (Lipinski definition) is 2. The molecule has 0 aliphatic rings. The Morgan fingerprint density at radius 1 is 0.519 bits per heavy atom. The van der Waals surface area contributed by atoms with Crippen LogP contribution in [-0.4, -0.2) is 40.2 Å². The molecule has 0 aromatic carbocycles. The highest BCUT2D eigenvalue weighted by Crippen LogP contribution is 2.19. The molecule has 0 aliphatic heterocycles. The summed E-state index contributed by atoms with van der Waals surface area (Å²) in [4.78, 5) is 0. The highest BCUT2D eigenvalue weighted by atomic mass is 16.3. The lowest BCUT2D eigenvalue weighted by Gasteiger charge is -2.42. The van der Waals surface area contributed by atoms with Gasteiger partial charge < -0.3 is 10.2 Å². The molecule has 0 saturated carbocycles. The van der Waals surface area contributed by atoms with Crippen LogP contribution in [0.4, 0.5) is 0 Å². The maximum atomic E-state index is 10.1. The Morgan fingerprint density at radius 3 is 1.07 bits per heavy atom. The standard InChI is InChI=1S/C24H52NO2/c1-5-7-8-9-10-11-12-13-14-15-16-17-18-19-20-21-22-25(6-2,23(3)26)24(4)27/h23-24,26-27H,5-22H2,1-4H3/q+1. The predicted molar refractivity (Wildman–Crippen MR) is 119 cm³/mol. The molecule has 0 aromatic heterocycles. The fourth-order valence-corrected chi connectivity index (χ4v) is 4.33. The molecule has 27 heavy (non-hydrogen) atoms. The van der Waals surface area contributed by atoms with Gasteiger partial charge in [-0.05, 0) is 19.8 Å². The minimum atomic E-state index is -0.494. The Kier molecular flexibility index (Phi) is 17.9. The first-order valence-corrected chi connectivity index (χ1v) is 12.2. The molecule has 0 rings (SSSR count). The van der Waals surface area contributed by atoms with Crippen molar-refractivity contribution >= 4 is 0 Å². The summed E-state index contributed by atoms with van der Waals surface area (Å²) >= 11 is 0. The topological polar surface area (TPSA) is 40.5 Å². The van der Waals surface area contributed by atoms with E-state index in [1.54, 1.807) is 0 Å². The van der Waals surface area contributed by atoms with Crippen molar-refractivity contribution in [1.29, 1.82) is 0 Å². The molecule has 0 aromatic rings. The molecular weight excluding hydrogens is 334 g/mol. The number of unbranched alkanes of at least 4 members (excludes halogenated alkanes) is 15. The second-order valence-corrected chi connectivity index (χ2v) is 8.71. The minimum absolute atomic E-state index is 0.415. The van der Waals surface area contributed by atoms with E-state index in [1.165, 1.54) is 96.3 Å². The van der Waals surface area contributed by atoms with Gasteiger partial charge in [-0.3, -0.25) is 4.48 Å². The molecule has 0 aliphatic carbocycles. The number of nitrogens with zero attached hydrogens (tertiary/aromatic N) is 1. The van der Waals surface area contributed by atoms with Crippen molar-refractivity contribution in [2.45, 2.75) is 143 Å². The molecule has 2 N–H and O–H groups in total. The zero-order valence-electron chi connectivity index (χ0n) is 19.2.